The maximum atomic E-state index is 13.4. The topological polar surface area (TPSA) is 55.2 Å². The van der Waals surface area contributed by atoms with E-state index >= 15 is 0 Å². The molecule has 1 aromatic carbocycles. The second-order valence-corrected chi connectivity index (χ2v) is 5.57. The molecule has 108 valence electrons. The van der Waals surface area contributed by atoms with E-state index in [1.807, 2.05) is 6.92 Å². The van der Waals surface area contributed by atoms with Gasteiger partial charge in [-0.25, -0.2) is 14.4 Å². The summed E-state index contributed by atoms with van der Waals surface area (Å²) in [4.78, 5) is 8.45. The number of thiophene rings is 1. The van der Waals surface area contributed by atoms with E-state index in [2.05, 4.69) is 9.97 Å². The molecule has 0 amide bonds. The predicted octanol–water partition coefficient (Wildman–Crippen LogP) is 4.26. The van der Waals surface area contributed by atoms with Gasteiger partial charge in [0, 0.05) is 11.6 Å². The van der Waals surface area contributed by atoms with Crippen LogP contribution in [0.2, 0.25) is 5.15 Å². The molecule has 0 aliphatic heterocycles. The molecule has 0 atom stereocenters. The van der Waals surface area contributed by atoms with Crippen molar-refractivity contribution in [1.29, 1.82) is 0 Å². The molecule has 2 aromatic heterocycles. The van der Waals surface area contributed by atoms with Gasteiger partial charge >= 0.3 is 0 Å². The fourth-order valence-corrected chi connectivity index (χ4v) is 3.32. The lowest BCUT2D eigenvalue weighted by atomic mass is 10.1. The van der Waals surface area contributed by atoms with E-state index in [0.29, 0.717) is 33.0 Å². The summed E-state index contributed by atoms with van der Waals surface area (Å²) in [6.07, 6.45) is 1.29. The lowest BCUT2D eigenvalue weighted by Gasteiger charge is -2.09. The molecule has 7 heteroatoms. The maximum Gasteiger partial charge on any atom is 0.160 e. The summed E-state index contributed by atoms with van der Waals surface area (Å²) in [5, 5.41) is 10.6. The summed E-state index contributed by atoms with van der Waals surface area (Å²) in [5.41, 5.74) is 0.969. The molecule has 2 heterocycles. The minimum atomic E-state index is -0.402. The largest absolute Gasteiger partial charge is 0.504 e. The van der Waals surface area contributed by atoms with Crippen LogP contribution in [0, 0.1) is 5.82 Å². The number of nitrogens with zero attached hydrogens (tertiary/aromatic N) is 2. The Morgan fingerprint density at radius 3 is 2.90 bits per heavy atom. The summed E-state index contributed by atoms with van der Waals surface area (Å²) in [7, 11) is 0. The highest BCUT2D eigenvalue weighted by Crippen LogP contribution is 2.47. The van der Waals surface area contributed by atoms with Crippen LogP contribution >= 0.6 is 22.9 Å². The number of benzene rings is 1. The van der Waals surface area contributed by atoms with Crippen molar-refractivity contribution >= 4 is 33.2 Å². The molecule has 0 aliphatic carbocycles. The van der Waals surface area contributed by atoms with Gasteiger partial charge in [0.15, 0.2) is 5.75 Å². The molecule has 0 saturated heterocycles. The Bertz CT molecular complexity index is 822. The van der Waals surface area contributed by atoms with Gasteiger partial charge in [-0.15, -0.1) is 11.3 Å². The Hall–Kier alpha value is -1.92. The summed E-state index contributed by atoms with van der Waals surface area (Å²) < 4.78 is 19.4. The van der Waals surface area contributed by atoms with Gasteiger partial charge in [-0.2, -0.15) is 0 Å². The van der Waals surface area contributed by atoms with Gasteiger partial charge in [0.1, 0.15) is 28.6 Å². The van der Waals surface area contributed by atoms with Gasteiger partial charge in [-0.3, -0.25) is 0 Å². The number of hydrogen-bond donors (Lipinski definition) is 1. The fraction of sp³-hybridized carbons (Fsp3) is 0.143. The predicted molar refractivity (Wildman–Crippen MR) is 80.7 cm³/mol. The molecular weight excluding hydrogens is 315 g/mol. The molecule has 0 saturated carbocycles. The van der Waals surface area contributed by atoms with Crippen molar-refractivity contribution in [2.24, 2.45) is 0 Å². The molecular formula is C14H10ClFN2O2S. The highest BCUT2D eigenvalue weighted by molar-refractivity contribution is 7.23. The Balaban J connectivity index is 2.25. The first-order chi connectivity index (χ1) is 10.1. The Morgan fingerprint density at radius 1 is 1.38 bits per heavy atom. The summed E-state index contributed by atoms with van der Waals surface area (Å²) >= 11 is 7.25. The van der Waals surface area contributed by atoms with E-state index in [9.17, 15) is 9.50 Å². The Kier molecular flexibility index (Phi) is 3.65. The third-order valence-corrected chi connectivity index (χ3v) is 4.50. The van der Waals surface area contributed by atoms with Crippen LogP contribution in [0.1, 0.15) is 6.92 Å². The number of halogens is 2. The van der Waals surface area contributed by atoms with Crippen LogP contribution in [-0.4, -0.2) is 21.7 Å². The summed E-state index contributed by atoms with van der Waals surface area (Å²) in [6.45, 7) is 2.20. The van der Waals surface area contributed by atoms with Crippen molar-refractivity contribution < 1.29 is 14.2 Å². The lowest BCUT2D eigenvalue weighted by molar-refractivity contribution is 0.339. The molecule has 0 fully saturated rings. The number of rotatable bonds is 3. The number of aromatic hydroxyl groups is 1. The van der Waals surface area contributed by atoms with Crippen LogP contribution in [0.3, 0.4) is 0 Å². The quantitative estimate of drug-likeness (QED) is 0.732. The van der Waals surface area contributed by atoms with Crippen molar-refractivity contribution in [3.8, 4) is 21.9 Å². The third kappa shape index (κ3) is 2.41. The van der Waals surface area contributed by atoms with Gasteiger partial charge in [-0.05, 0) is 19.1 Å². The Morgan fingerprint density at radius 2 is 2.19 bits per heavy atom. The number of ether oxygens (including phenoxy) is 1. The smallest absolute Gasteiger partial charge is 0.160 e. The van der Waals surface area contributed by atoms with Gasteiger partial charge in [0.25, 0.3) is 0 Å². The molecule has 0 spiro atoms. The average Bonchev–Trinajstić information content (AvgIpc) is 2.79. The van der Waals surface area contributed by atoms with E-state index in [4.69, 9.17) is 16.3 Å². The van der Waals surface area contributed by atoms with Crippen molar-refractivity contribution in [3.63, 3.8) is 0 Å². The Labute approximate surface area is 128 Å². The minimum absolute atomic E-state index is 0.00754. The second kappa shape index (κ2) is 5.46. The van der Waals surface area contributed by atoms with Crippen LogP contribution in [0.4, 0.5) is 4.39 Å². The van der Waals surface area contributed by atoms with Crippen LogP contribution in [0.25, 0.3) is 20.7 Å². The zero-order valence-electron chi connectivity index (χ0n) is 10.9. The molecule has 0 aliphatic rings. The maximum absolute atomic E-state index is 13.4. The molecule has 0 unspecified atom stereocenters. The summed E-state index contributed by atoms with van der Waals surface area (Å²) in [6, 6.07) is 4.16. The highest BCUT2D eigenvalue weighted by Gasteiger charge is 2.19. The van der Waals surface area contributed by atoms with Crippen LogP contribution in [-0.2, 0) is 0 Å². The molecule has 21 heavy (non-hydrogen) atoms. The zero-order valence-corrected chi connectivity index (χ0v) is 12.5. The average molecular weight is 325 g/mol. The van der Waals surface area contributed by atoms with E-state index in [1.165, 1.54) is 29.8 Å². The number of aromatic nitrogens is 2. The number of fused-ring (bicyclic) bond motifs is 1. The van der Waals surface area contributed by atoms with Gasteiger partial charge in [0.05, 0.1) is 16.2 Å². The van der Waals surface area contributed by atoms with Gasteiger partial charge in [-0.1, -0.05) is 11.6 Å². The van der Waals surface area contributed by atoms with E-state index in [1.54, 1.807) is 6.07 Å². The molecule has 4 nitrogen and oxygen atoms in total. The van der Waals surface area contributed by atoms with Crippen molar-refractivity contribution in [2.75, 3.05) is 6.61 Å². The van der Waals surface area contributed by atoms with Crippen molar-refractivity contribution in [3.05, 3.63) is 35.5 Å². The minimum Gasteiger partial charge on any atom is -0.504 e. The normalized spacial score (nSPS) is 11.0. The third-order valence-electron chi connectivity index (χ3n) is 2.89. The summed E-state index contributed by atoms with van der Waals surface area (Å²) in [5.74, 6) is -0.0454. The second-order valence-electron chi connectivity index (χ2n) is 4.20. The highest BCUT2D eigenvalue weighted by atomic mass is 35.5. The standard InChI is InChI=1S/C14H10ClFN2O2S/c1-2-20-9-5-7(16)3-4-8(9)12-11(19)10-13(21-12)14(15)18-6-17-10/h3-6,19H,2H2,1H3. The first kappa shape index (κ1) is 14.0. The molecule has 0 radical (unpaired) electrons. The van der Waals surface area contributed by atoms with E-state index < -0.39 is 5.82 Å². The molecule has 1 N–H and O–H groups in total. The lowest BCUT2D eigenvalue weighted by Crippen LogP contribution is -1.94. The van der Waals surface area contributed by atoms with Crippen molar-refractivity contribution in [2.45, 2.75) is 6.92 Å². The fourth-order valence-electron chi connectivity index (χ4n) is 2.01. The van der Waals surface area contributed by atoms with Gasteiger partial charge in [0.2, 0.25) is 0 Å². The van der Waals surface area contributed by atoms with Crippen LogP contribution in [0.15, 0.2) is 24.5 Å². The molecule has 3 aromatic rings. The molecule has 3 rings (SSSR count). The van der Waals surface area contributed by atoms with E-state index in [0.717, 1.165) is 0 Å². The SMILES string of the molecule is CCOc1cc(F)ccc1-c1sc2c(Cl)ncnc2c1O. The van der Waals surface area contributed by atoms with E-state index in [-0.39, 0.29) is 10.9 Å². The number of hydrogen-bond acceptors (Lipinski definition) is 5. The van der Waals surface area contributed by atoms with Crippen LogP contribution in [0.5, 0.6) is 11.5 Å². The van der Waals surface area contributed by atoms with Gasteiger partial charge < -0.3 is 9.84 Å². The monoisotopic (exact) mass is 324 g/mol. The first-order valence-corrected chi connectivity index (χ1v) is 7.36. The van der Waals surface area contributed by atoms with Crippen molar-refractivity contribution in [1.82, 2.24) is 9.97 Å². The van der Waals surface area contributed by atoms with Crippen LogP contribution < -0.4 is 4.74 Å². The first-order valence-electron chi connectivity index (χ1n) is 6.16. The molecule has 0 bridgehead atoms. The zero-order chi connectivity index (χ0) is 15.0.